The molecule has 5 rings (SSSR count). The molecule has 2 bridgehead atoms. The number of quaternary nitrogens is 1. The zero-order valence-corrected chi connectivity index (χ0v) is 18.8. The summed E-state index contributed by atoms with van der Waals surface area (Å²) in [6.07, 6.45) is 2.05. The van der Waals surface area contributed by atoms with Crippen molar-refractivity contribution >= 4 is 28.6 Å². The lowest BCUT2D eigenvalue weighted by molar-refractivity contribution is -0.938. The van der Waals surface area contributed by atoms with E-state index in [1.807, 2.05) is 22.9 Å². The van der Waals surface area contributed by atoms with E-state index in [9.17, 15) is 9.90 Å². The van der Waals surface area contributed by atoms with Crippen molar-refractivity contribution in [1.82, 2.24) is 0 Å². The van der Waals surface area contributed by atoms with Crippen molar-refractivity contribution in [3.8, 4) is 0 Å². The number of ether oxygens (including phenoxy) is 2. The van der Waals surface area contributed by atoms with Crippen molar-refractivity contribution in [2.24, 2.45) is 0 Å². The average molecular weight is 490 g/mol. The van der Waals surface area contributed by atoms with Crippen LogP contribution in [-0.2, 0) is 19.9 Å². The van der Waals surface area contributed by atoms with Crippen LogP contribution in [0.3, 0.4) is 0 Å². The number of thiophene rings is 2. The third-order valence-corrected chi connectivity index (χ3v) is 8.32. The summed E-state index contributed by atoms with van der Waals surface area (Å²) in [5.41, 5.74) is -1.72. The van der Waals surface area contributed by atoms with Crippen LogP contribution in [0.2, 0.25) is 0 Å². The molecule has 0 amide bonds. The second kappa shape index (κ2) is 7.46. The monoisotopic (exact) mass is 489 g/mol. The third-order valence-electron chi connectivity index (χ3n) is 6.36. The van der Waals surface area contributed by atoms with Crippen molar-refractivity contribution in [2.75, 3.05) is 14.1 Å². The van der Waals surface area contributed by atoms with Gasteiger partial charge in [-0.25, -0.2) is 4.79 Å². The van der Waals surface area contributed by atoms with E-state index in [1.165, 1.54) is 22.7 Å². The summed E-state index contributed by atoms with van der Waals surface area (Å²) < 4.78 is 12.6. The Hall–Kier alpha value is -0.810. The highest BCUT2D eigenvalue weighted by Crippen LogP contribution is 2.52. The summed E-state index contributed by atoms with van der Waals surface area (Å²) in [6.45, 7) is 0. The summed E-state index contributed by atoms with van der Waals surface area (Å²) in [4.78, 5) is 14.3. The molecule has 0 aromatic carbocycles. The first-order chi connectivity index (χ1) is 12.4. The number of likely N-dealkylation sites (N-methyl/N-ethyl adjacent to an activating group) is 1. The van der Waals surface area contributed by atoms with Gasteiger partial charge < -0.3 is 41.5 Å². The first-order valence-corrected chi connectivity index (χ1v) is 10.7. The second-order valence-electron chi connectivity index (χ2n) is 7.99. The maximum Gasteiger partial charge on any atom is 0.349 e. The molecule has 2 aromatic heterocycles. The second-order valence-corrected chi connectivity index (χ2v) is 9.89. The highest BCUT2D eigenvalue weighted by molar-refractivity contribution is 7.12. The zero-order valence-electron chi connectivity index (χ0n) is 15.6. The average Bonchev–Trinajstić information content (AvgIpc) is 2.98. The molecule has 9 heteroatoms. The van der Waals surface area contributed by atoms with Gasteiger partial charge in [-0.2, -0.15) is 0 Å². The van der Waals surface area contributed by atoms with Crippen LogP contribution in [0.5, 0.6) is 0 Å². The molecule has 1 unspecified atom stereocenters. The number of rotatable bonds is 4. The van der Waals surface area contributed by atoms with Crippen molar-refractivity contribution in [3.63, 3.8) is 0 Å². The third kappa shape index (κ3) is 3.08. The van der Waals surface area contributed by atoms with E-state index >= 15 is 0 Å². The number of hydrogen-bond donors (Lipinski definition) is 1. The Bertz CT molecular complexity index is 771. The molecule has 2 aromatic rings. The summed E-state index contributed by atoms with van der Waals surface area (Å²) in [7, 11) is 4.49. The van der Waals surface area contributed by atoms with Gasteiger partial charge in [0.05, 0.1) is 23.8 Å². The topological polar surface area (TPSA) is 90.6 Å². The fourth-order valence-electron chi connectivity index (χ4n) is 4.83. The molecule has 0 aliphatic carbocycles. The molecule has 3 aliphatic rings. The lowest BCUT2D eigenvalue weighted by atomic mass is 9.95. The predicted octanol–water partition coefficient (Wildman–Crippen LogP) is -1.47. The van der Waals surface area contributed by atoms with E-state index in [-0.39, 0.29) is 28.6 Å². The maximum absolute atomic E-state index is 13.1. The quantitative estimate of drug-likeness (QED) is 0.322. The number of carbonyl (C=O) groups is 1. The minimum absolute atomic E-state index is 0. The molecule has 3 N–H and O–H groups in total. The molecule has 5 atom stereocenters. The Morgan fingerprint density at radius 1 is 1.14 bits per heavy atom. The maximum atomic E-state index is 13.1. The highest BCUT2D eigenvalue weighted by atomic mass is 79.9. The van der Waals surface area contributed by atoms with Crippen LogP contribution < -0.4 is 17.0 Å². The number of esters is 1. The normalized spacial score (nSPS) is 31.9. The van der Waals surface area contributed by atoms with Crippen molar-refractivity contribution in [3.05, 3.63) is 44.8 Å². The number of nitrogens with zero attached hydrogens (tertiary/aromatic N) is 1. The number of piperidine rings is 1. The molecule has 5 heterocycles. The van der Waals surface area contributed by atoms with E-state index in [1.54, 1.807) is 12.1 Å². The summed E-state index contributed by atoms with van der Waals surface area (Å²) in [5.74, 6) is -0.561. The molecule has 154 valence electrons. The number of hydrogen-bond acceptors (Lipinski definition) is 6. The van der Waals surface area contributed by atoms with Crippen LogP contribution in [0.15, 0.2) is 35.0 Å². The Labute approximate surface area is 182 Å². The number of morpholine rings is 1. The van der Waals surface area contributed by atoms with Crippen LogP contribution in [0.4, 0.5) is 0 Å². The Morgan fingerprint density at radius 2 is 1.64 bits per heavy atom. The van der Waals surface area contributed by atoms with Crippen LogP contribution in [-0.4, -0.2) is 65.5 Å². The Morgan fingerprint density at radius 3 is 2.07 bits per heavy atom. The predicted molar refractivity (Wildman–Crippen MR) is 103 cm³/mol. The first kappa shape index (κ1) is 21.9. The van der Waals surface area contributed by atoms with E-state index < -0.39 is 11.6 Å². The van der Waals surface area contributed by atoms with E-state index in [2.05, 4.69) is 14.1 Å². The van der Waals surface area contributed by atoms with Crippen LogP contribution in [0.1, 0.15) is 22.6 Å². The SMILES string of the molecule is C[N+]1(C)[C@@H]2CC(OC(=O)C(O)(c3cccs3)c3cccs3)C[C@H]1[C@@H]1O[C@@H]12.O.[Br-]. The van der Waals surface area contributed by atoms with Crippen LogP contribution >= 0.6 is 22.7 Å². The number of carbonyl (C=O) groups excluding carboxylic acids is 1. The Balaban J connectivity index is 0.00000112. The fraction of sp³-hybridized carbons (Fsp3) is 0.526. The molecule has 0 saturated carbocycles. The Kier molecular flexibility index (Phi) is 5.83. The number of fused-ring (bicyclic) bond motifs is 5. The summed E-state index contributed by atoms with van der Waals surface area (Å²) >= 11 is 2.74. The molecule has 0 radical (unpaired) electrons. The smallest absolute Gasteiger partial charge is 0.349 e. The van der Waals surface area contributed by atoms with Crippen molar-refractivity contribution < 1.29 is 46.3 Å². The number of epoxide rings is 1. The number of halogens is 1. The molecule has 0 spiro atoms. The zero-order chi connectivity index (χ0) is 18.1. The largest absolute Gasteiger partial charge is 1.00 e. The molecular weight excluding hydrogens is 466 g/mol. The first-order valence-electron chi connectivity index (χ1n) is 8.92. The minimum atomic E-state index is -1.72. The van der Waals surface area contributed by atoms with Gasteiger partial charge in [-0.15, -0.1) is 22.7 Å². The van der Waals surface area contributed by atoms with E-state index in [0.29, 0.717) is 34.0 Å². The van der Waals surface area contributed by atoms with Gasteiger partial charge in [0.25, 0.3) is 0 Å². The van der Waals surface area contributed by atoms with Gasteiger partial charge in [-0.3, -0.25) is 0 Å². The summed E-state index contributed by atoms with van der Waals surface area (Å²) in [6, 6.07) is 8.01. The number of aliphatic hydroxyl groups is 1. The van der Waals surface area contributed by atoms with Gasteiger partial charge in [-0.05, 0) is 22.9 Å². The minimum Gasteiger partial charge on any atom is -1.00 e. The highest BCUT2D eigenvalue weighted by Gasteiger charge is 2.71. The van der Waals surface area contributed by atoms with Gasteiger partial charge in [0, 0.05) is 12.8 Å². The molecule has 3 aliphatic heterocycles. The van der Waals surface area contributed by atoms with E-state index in [0.717, 1.165) is 17.3 Å². The molecule has 28 heavy (non-hydrogen) atoms. The van der Waals surface area contributed by atoms with Crippen LogP contribution in [0, 0.1) is 0 Å². The molecular formula is C19H24BrNO5S2. The fourth-order valence-corrected chi connectivity index (χ4v) is 6.54. The molecule has 6 nitrogen and oxygen atoms in total. The van der Waals surface area contributed by atoms with Gasteiger partial charge in [0.2, 0.25) is 5.60 Å². The van der Waals surface area contributed by atoms with Crippen molar-refractivity contribution in [2.45, 2.75) is 48.8 Å². The molecule has 3 fully saturated rings. The lowest BCUT2D eigenvalue weighted by Gasteiger charge is -2.45. The summed E-state index contributed by atoms with van der Waals surface area (Å²) in [5, 5.41) is 15.1. The van der Waals surface area contributed by atoms with Gasteiger partial charge >= 0.3 is 5.97 Å². The van der Waals surface area contributed by atoms with Gasteiger partial charge in [-0.1, -0.05) is 12.1 Å². The lowest BCUT2D eigenvalue weighted by Crippen LogP contribution is -3.00. The molecule has 3 saturated heterocycles. The van der Waals surface area contributed by atoms with E-state index in [4.69, 9.17) is 9.47 Å². The van der Waals surface area contributed by atoms with Crippen molar-refractivity contribution in [1.29, 1.82) is 0 Å². The van der Waals surface area contributed by atoms with Gasteiger partial charge in [0.1, 0.15) is 30.4 Å². The van der Waals surface area contributed by atoms with Crippen LogP contribution in [0.25, 0.3) is 0 Å². The standard InChI is InChI=1S/C19H22NO4S2.BrH.H2O/c1-20(2)12-9-11(10-13(20)17-16(12)24-17)23-18(21)19(22,14-5-3-7-25-14)15-6-4-8-26-15;;/h3-8,11-13,16-17,22H,9-10H2,1-2H3;1H;1H2/q+1;;/p-1/t11?,12-,13+,16-,17+;;. The van der Waals surface area contributed by atoms with Gasteiger partial charge in [0.15, 0.2) is 0 Å².